The van der Waals surface area contributed by atoms with Gasteiger partial charge in [0.05, 0.1) is 5.69 Å². The van der Waals surface area contributed by atoms with Gasteiger partial charge in [-0.15, -0.1) is 11.8 Å². The number of likely N-dealkylation sites (N-methyl/N-ethyl adjacent to an activating group) is 1. The minimum atomic E-state index is -1.13. The standard InChI is InChI=1S/C22H26FN5O2S2/c1-13(2)31-21-19(27-10-8-26(4)9-11-27)24-22(32-21)28-18(20(29)30)17(14(3)25-28)15-6-5-7-16(23)12-15/h5-7,12-13H,8-11H2,1-4H3,(H,29,30). The first-order chi connectivity index (χ1) is 15.2. The van der Waals surface area contributed by atoms with Crippen LogP contribution in [0, 0.1) is 12.7 Å². The number of piperazine rings is 1. The van der Waals surface area contributed by atoms with Crippen LogP contribution in [-0.4, -0.2) is 69.2 Å². The van der Waals surface area contributed by atoms with Crippen molar-refractivity contribution in [3.63, 3.8) is 0 Å². The number of aromatic carboxylic acids is 1. The Morgan fingerprint density at radius 3 is 2.59 bits per heavy atom. The SMILES string of the molecule is Cc1nn(-c2nc(N3CCN(C)CC3)c(SC(C)C)s2)c(C(=O)O)c1-c1cccc(F)c1. The molecule has 0 atom stereocenters. The minimum Gasteiger partial charge on any atom is -0.476 e. The fraction of sp³-hybridized carbons (Fsp3) is 0.409. The van der Waals surface area contributed by atoms with Crippen molar-refractivity contribution in [2.45, 2.75) is 30.2 Å². The van der Waals surface area contributed by atoms with E-state index in [0.717, 1.165) is 36.2 Å². The molecule has 2 aromatic heterocycles. The topological polar surface area (TPSA) is 74.5 Å². The molecule has 0 bridgehead atoms. The summed E-state index contributed by atoms with van der Waals surface area (Å²) >= 11 is 3.17. The highest BCUT2D eigenvalue weighted by Gasteiger charge is 2.28. The van der Waals surface area contributed by atoms with E-state index in [1.165, 1.54) is 28.2 Å². The van der Waals surface area contributed by atoms with Crippen molar-refractivity contribution in [1.29, 1.82) is 0 Å². The fourth-order valence-corrected chi connectivity index (χ4v) is 6.22. The van der Waals surface area contributed by atoms with Gasteiger partial charge in [0.1, 0.15) is 10.0 Å². The normalized spacial score (nSPS) is 15.0. The molecule has 32 heavy (non-hydrogen) atoms. The second-order valence-electron chi connectivity index (χ2n) is 8.10. The molecule has 0 saturated carbocycles. The third kappa shape index (κ3) is 4.53. The monoisotopic (exact) mass is 475 g/mol. The lowest BCUT2D eigenvalue weighted by Crippen LogP contribution is -2.44. The average molecular weight is 476 g/mol. The summed E-state index contributed by atoms with van der Waals surface area (Å²) in [7, 11) is 2.10. The van der Waals surface area contributed by atoms with Gasteiger partial charge in [-0.1, -0.05) is 37.3 Å². The second-order valence-corrected chi connectivity index (χ2v) is 10.9. The number of hydrogen-bond acceptors (Lipinski definition) is 7. The van der Waals surface area contributed by atoms with Crippen LogP contribution in [0.3, 0.4) is 0 Å². The predicted molar refractivity (Wildman–Crippen MR) is 127 cm³/mol. The molecule has 10 heteroatoms. The van der Waals surface area contributed by atoms with Gasteiger partial charge >= 0.3 is 5.97 Å². The van der Waals surface area contributed by atoms with Crippen LogP contribution in [-0.2, 0) is 0 Å². The maximum absolute atomic E-state index is 13.9. The zero-order chi connectivity index (χ0) is 23.0. The first-order valence-electron chi connectivity index (χ1n) is 10.4. The molecule has 1 aliphatic rings. The number of nitrogens with zero attached hydrogens (tertiary/aromatic N) is 5. The van der Waals surface area contributed by atoms with Crippen LogP contribution in [0.25, 0.3) is 16.3 Å². The van der Waals surface area contributed by atoms with E-state index >= 15 is 0 Å². The summed E-state index contributed by atoms with van der Waals surface area (Å²) in [6.07, 6.45) is 0. The first kappa shape index (κ1) is 22.8. The third-order valence-electron chi connectivity index (χ3n) is 5.27. The van der Waals surface area contributed by atoms with Gasteiger partial charge in [-0.2, -0.15) is 14.8 Å². The minimum absolute atomic E-state index is 0.00660. The Morgan fingerprint density at radius 2 is 1.97 bits per heavy atom. The Labute approximate surface area is 194 Å². The lowest BCUT2D eigenvalue weighted by molar-refractivity contribution is 0.0688. The number of benzene rings is 1. The number of aromatic nitrogens is 3. The summed E-state index contributed by atoms with van der Waals surface area (Å²) in [4.78, 5) is 21.7. The molecule has 1 aromatic carbocycles. The summed E-state index contributed by atoms with van der Waals surface area (Å²) in [6, 6.07) is 5.93. The van der Waals surface area contributed by atoms with Crippen molar-refractivity contribution in [1.82, 2.24) is 19.7 Å². The van der Waals surface area contributed by atoms with Crippen LogP contribution in [0.15, 0.2) is 28.5 Å². The van der Waals surface area contributed by atoms with E-state index in [0.29, 0.717) is 27.2 Å². The molecule has 0 amide bonds. The number of rotatable bonds is 6. The van der Waals surface area contributed by atoms with Crippen molar-refractivity contribution in [3.05, 3.63) is 41.5 Å². The van der Waals surface area contributed by atoms with Crippen LogP contribution >= 0.6 is 23.1 Å². The quantitative estimate of drug-likeness (QED) is 0.530. The Balaban J connectivity index is 1.83. The molecule has 1 N–H and O–H groups in total. The number of aryl methyl sites for hydroxylation is 1. The number of carboxylic acids is 1. The Bertz CT molecular complexity index is 1140. The van der Waals surface area contributed by atoms with Crippen molar-refractivity contribution in [3.8, 4) is 16.3 Å². The molecule has 3 heterocycles. The van der Waals surface area contributed by atoms with Crippen LogP contribution in [0.5, 0.6) is 0 Å². The van der Waals surface area contributed by atoms with E-state index in [2.05, 4.69) is 35.8 Å². The van der Waals surface area contributed by atoms with Gasteiger partial charge < -0.3 is 14.9 Å². The summed E-state index contributed by atoms with van der Waals surface area (Å²) in [5, 5.41) is 15.4. The Morgan fingerprint density at radius 1 is 1.25 bits per heavy atom. The van der Waals surface area contributed by atoms with Gasteiger partial charge in [0.15, 0.2) is 11.5 Å². The summed E-state index contributed by atoms with van der Waals surface area (Å²) in [6.45, 7) is 9.62. The van der Waals surface area contributed by atoms with Crippen LogP contribution in [0.2, 0.25) is 0 Å². The Hall–Kier alpha value is -2.43. The zero-order valence-electron chi connectivity index (χ0n) is 18.5. The van der Waals surface area contributed by atoms with E-state index in [-0.39, 0.29) is 5.69 Å². The molecule has 1 saturated heterocycles. The zero-order valence-corrected chi connectivity index (χ0v) is 20.1. The van der Waals surface area contributed by atoms with Crippen molar-refractivity contribution >= 4 is 34.9 Å². The lowest BCUT2D eigenvalue weighted by Gasteiger charge is -2.33. The van der Waals surface area contributed by atoms with E-state index < -0.39 is 11.8 Å². The average Bonchev–Trinajstić information content (AvgIpc) is 3.29. The van der Waals surface area contributed by atoms with E-state index in [1.807, 2.05) is 0 Å². The molecule has 3 aromatic rings. The molecule has 1 aliphatic heterocycles. The summed E-state index contributed by atoms with van der Waals surface area (Å²) in [5.74, 6) is -0.666. The number of carboxylic acid groups (broad SMARTS) is 1. The molecule has 0 unspecified atom stereocenters. The number of anilines is 1. The van der Waals surface area contributed by atoms with E-state index in [9.17, 15) is 14.3 Å². The van der Waals surface area contributed by atoms with Gasteiger partial charge in [0, 0.05) is 37.0 Å². The summed E-state index contributed by atoms with van der Waals surface area (Å²) < 4.78 is 16.3. The molecule has 1 fully saturated rings. The third-order valence-corrected chi connectivity index (χ3v) is 7.49. The first-order valence-corrected chi connectivity index (χ1v) is 12.1. The maximum atomic E-state index is 13.9. The largest absolute Gasteiger partial charge is 0.476 e. The molecule has 0 radical (unpaired) electrons. The number of hydrogen-bond donors (Lipinski definition) is 1. The van der Waals surface area contributed by atoms with Crippen LogP contribution < -0.4 is 4.90 Å². The van der Waals surface area contributed by atoms with Crippen molar-refractivity contribution in [2.24, 2.45) is 0 Å². The van der Waals surface area contributed by atoms with Crippen LogP contribution in [0.1, 0.15) is 30.0 Å². The van der Waals surface area contributed by atoms with Crippen molar-refractivity contribution in [2.75, 3.05) is 38.1 Å². The molecular formula is C22H26FN5O2S2. The van der Waals surface area contributed by atoms with Gasteiger partial charge in [0.2, 0.25) is 5.13 Å². The van der Waals surface area contributed by atoms with Crippen LogP contribution in [0.4, 0.5) is 10.2 Å². The molecule has 7 nitrogen and oxygen atoms in total. The highest BCUT2D eigenvalue weighted by molar-refractivity contribution is 8.01. The molecular weight excluding hydrogens is 449 g/mol. The summed E-state index contributed by atoms with van der Waals surface area (Å²) in [5.41, 5.74) is 1.40. The van der Waals surface area contributed by atoms with E-state index in [4.69, 9.17) is 4.98 Å². The highest BCUT2D eigenvalue weighted by Crippen LogP contribution is 2.40. The number of carbonyl (C=O) groups is 1. The number of thioether (sulfide) groups is 1. The molecule has 0 aliphatic carbocycles. The van der Waals surface area contributed by atoms with Gasteiger partial charge in [-0.25, -0.2) is 9.18 Å². The highest BCUT2D eigenvalue weighted by atomic mass is 32.2. The Kier molecular flexibility index (Phi) is 6.55. The molecule has 170 valence electrons. The van der Waals surface area contributed by atoms with Gasteiger partial charge in [0.25, 0.3) is 0 Å². The number of thiazole rings is 1. The van der Waals surface area contributed by atoms with Crippen molar-refractivity contribution < 1.29 is 14.3 Å². The lowest BCUT2D eigenvalue weighted by atomic mass is 10.0. The predicted octanol–water partition coefficient (Wildman–Crippen LogP) is 4.39. The van der Waals surface area contributed by atoms with Gasteiger partial charge in [-0.3, -0.25) is 0 Å². The molecule has 0 spiro atoms. The van der Waals surface area contributed by atoms with E-state index in [1.54, 1.807) is 30.8 Å². The second kappa shape index (κ2) is 9.21. The van der Waals surface area contributed by atoms with Gasteiger partial charge in [-0.05, 0) is 31.7 Å². The molecule has 4 rings (SSSR count). The maximum Gasteiger partial charge on any atom is 0.355 e. The number of halogens is 1. The smallest absolute Gasteiger partial charge is 0.355 e. The fourth-order valence-electron chi connectivity index (χ4n) is 3.74.